The van der Waals surface area contributed by atoms with Crippen molar-refractivity contribution in [3.8, 4) is 5.75 Å². The fraction of sp³-hybridized carbons (Fsp3) is 0.448. The molecule has 4 N–H and O–H groups in total. The molecule has 0 unspecified atom stereocenters. The number of aromatic nitrogens is 1. The smallest absolute Gasteiger partial charge is 0.303 e. The Morgan fingerprint density at radius 2 is 1.92 bits per heavy atom. The third kappa shape index (κ3) is 7.19. The van der Waals surface area contributed by atoms with Crippen molar-refractivity contribution in [2.24, 2.45) is 11.1 Å². The van der Waals surface area contributed by atoms with Gasteiger partial charge in [-0.25, -0.2) is 13.2 Å². The van der Waals surface area contributed by atoms with E-state index >= 15 is 4.39 Å². The van der Waals surface area contributed by atoms with Crippen LogP contribution in [0.25, 0.3) is 10.9 Å². The second-order valence-corrected chi connectivity index (χ2v) is 10.3. The quantitative estimate of drug-likeness (QED) is 0.279. The van der Waals surface area contributed by atoms with Crippen LogP contribution in [0.1, 0.15) is 49.4 Å². The van der Waals surface area contributed by atoms with Crippen molar-refractivity contribution < 1.29 is 27.8 Å². The number of anilines is 1. The van der Waals surface area contributed by atoms with E-state index in [2.05, 4.69) is 15.2 Å². The predicted octanol–water partition coefficient (Wildman–Crippen LogP) is 5.44. The minimum atomic E-state index is -1.33. The normalized spacial score (nSPS) is 16.2. The predicted molar refractivity (Wildman–Crippen MR) is 144 cm³/mol. The van der Waals surface area contributed by atoms with Crippen molar-refractivity contribution >= 4 is 22.6 Å². The van der Waals surface area contributed by atoms with Crippen LogP contribution in [0.15, 0.2) is 42.6 Å². The molecule has 1 aliphatic heterocycles. The minimum Gasteiger partial charge on any atom is -0.497 e. The van der Waals surface area contributed by atoms with E-state index in [0.717, 1.165) is 6.07 Å². The first-order valence-corrected chi connectivity index (χ1v) is 13.2. The molecule has 1 fully saturated rings. The highest BCUT2D eigenvalue weighted by Crippen LogP contribution is 2.43. The fourth-order valence-electron chi connectivity index (χ4n) is 5.57. The van der Waals surface area contributed by atoms with Gasteiger partial charge in [0.15, 0.2) is 0 Å². The topological polar surface area (TPSA) is 101 Å². The number of carboxylic acid groups (broad SMARTS) is 1. The molecule has 1 aliphatic rings. The summed E-state index contributed by atoms with van der Waals surface area (Å²) >= 11 is 0. The Hall–Kier alpha value is -3.37. The lowest BCUT2D eigenvalue weighted by molar-refractivity contribution is -0.141. The first kappa shape index (κ1) is 28.6. The third-order valence-corrected chi connectivity index (χ3v) is 7.72. The van der Waals surface area contributed by atoms with Crippen LogP contribution in [0.3, 0.4) is 0 Å². The summed E-state index contributed by atoms with van der Waals surface area (Å²) in [5, 5.41) is 13.3. The van der Waals surface area contributed by atoms with E-state index in [1.165, 1.54) is 12.1 Å². The Morgan fingerprint density at radius 3 is 2.56 bits per heavy atom. The molecule has 0 radical (unpaired) electrons. The van der Waals surface area contributed by atoms with Gasteiger partial charge in [-0.05, 0) is 80.1 Å². The molecular formula is C29H35F3N4O3. The number of rotatable bonds is 12. The Morgan fingerprint density at radius 1 is 1.21 bits per heavy atom. The van der Waals surface area contributed by atoms with Crippen LogP contribution >= 0.6 is 0 Å². The second kappa shape index (κ2) is 12.7. The van der Waals surface area contributed by atoms with Gasteiger partial charge in [-0.3, -0.25) is 9.78 Å². The van der Waals surface area contributed by atoms with E-state index in [4.69, 9.17) is 10.5 Å². The summed E-state index contributed by atoms with van der Waals surface area (Å²) in [7, 11) is 1.55. The molecule has 2 aromatic carbocycles. The molecule has 0 amide bonds. The minimum absolute atomic E-state index is 0.0248. The average molecular weight is 545 g/mol. The van der Waals surface area contributed by atoms with Gasteiger partial charge in [0.25, 0.3) is 0 Å². The molecule has 0 bridgehead atoms. The van der Waals surface area contributed by atoms with Crippen LogP contribution in [-0.2, 0) is 11.3 Å². The van der Waals surface area contributed by atoms with Crippen molar-refractivity contribution in [3.05, 3.63) is 65.4 Å². The van der Waals surface area contributed by atoms with Gasteiger partial charge in [0, 0.05) is 48.5 Å². The number of fused-ring (bicyclic) bond motifs is 1. The number of halogens is 3. The van der Waals surface area contributed by atoms with Gasteiger partial charge in [-0.2, -0.15) is 0 Å². The van der Waals surface area contributed by atoms with Gasteiger partial charge < -0.3 is 25.8 Å². The van der Waals surface area contributed by atoms with E-state index in [1.54, 1.807) is 31.5 Å². The molecule has 210 valence electrons. The molecule has 0 spiro atoms. The summed E-state index contributed by atoms with van der Waals surface area (Å²) in [6, 6.07) is 8.62. The number of methoxy groups -OCH3 is 1. The van der Waals surface area contributed by atoms with Crippen LogP contribution in [0.4, 0.5) is 18.9 Å². The number of ether oxygens (including phenoxy) is 1. The average Bonchev–Trinajstić information content (AvgIpc) is 2.91. The van der Waals surface area contributed by atoms with Crippen molar-refractivity contribution in [1.82, 2.24) is 9.88 Å². The van der Waals surface area contributed by atoms with E-state index in [1.807, 2.05) is 0 Å². The number of nitrogens with one attached hydrogen (secondary N) is 1. The number of nitrogens with zero attached hydrogens (tertiary/aromatic N) is 2. The number of piperidine rings is 1. The lowest BCUT2D eigenvalue weighted by atomic mass is 9.71. The Bertz CT molecular complexity index is 1270. The number of hydrogen-bond donors (Lipinski definition) is 3. The first-order chi connectivity index (χ1) is 18.7. The number of aliphatic carboxylic acids is 1. The maximum absolute atomic E-state index is 15.9. The lowest BCUT2D eigenvalue weighted by Crippen LogP contribution is -2.43. The number of alkyl halides is 1. The standard InChI is InChI=1S/C29H35F3N4O3/c1-39-23-2-3-26-24(15-23)28(19(17-33)18-35-26)25(32)4-5-29(16-27(37)38)6-9-36(10-7-29)11-8-34-22-13-20(30)12-21(31)14-22/h2-3,12-15,18,25,34H,4-11,16-17,33H2,1H3,(H,37,38)/t25-/m1/s1. The zero-order chi connectivity index (χ0) is 28.0. The number of benzene rings is 2. The first-order valence-electron chi connectivity index (χ1n) is 13.2. The molecule has 1 atom stereocenters. The molecule has 10 heteroatoms. The zero-order valence-electron chi connectivity index (χ0n) is 22.1. The van der Waals surface area contributed by atoms with Gasteiger partial charge in [0.05, 0.1) is 19.0 Å². The van der Waals surface area contributed by atoms with Gasteiger partial charge in [0.2, 0.25) is 0 Å². The van der Waals surface area contributed by atoms with Crippen LogP contribution in [-0.4, -0.2) is 54.2 Å². The summed E-state index contributed by atoms with van der Waals surface area (Å²) in [4.78, 5) is 18.4. The lowest BCUT2D eigenvalue weighted by Gasteiger charge is -2.41. The van der Waals surface area contributed by atoms with Gasteiger partial charge in [-0.15, -0.1) is 0 Å². The van der Waals surface area contributed by atoms with E-state index in [9.17, 15) is 18.7 Å². The summed E-state index contributed by atoms with van der Waals surface area (Å²) in [5.74, 6) is -1.58. The Labute approximate surface area is 226 Å². The number of carbonyl (C=O) groups is 1. The molecule has 0 aliphatic carbocycles. The molecular weight excluding hydrogens is 509 g/mol. The van der Waals surface area contributed by atoms with E-state index < -0.39 is 29.2 Å². The van der Waals surface area contributed by atoms with Crippen LogP contribution in [0.2, 0.25) is 0 Å². The summed E-state index contributed by atoms with van der Waals surface area (Å²) < 4.78 is 48.1. The van der Waals surface area contributed by atoms with E-state index in [0.29, 0.717) is 78.9 Å². The van der Waals surface area contributed by atoms with Gasteiger partial charge in [0.1, 0.15) is 23.6 Å². The maximum atomic E-state index is 15.9. The SMILES string of the molecule is COc1ccc2ncc(CN)c([C@H](F)CCC3(CC(=O)O)CCN(CCNc4cc(F)cc(F)c4)CC3)c2c1. The maximum Gasteiger partial charge on any atom is 0.303 e. The fourth-order valence-corrected chi connectivity index (χ4v) is 5.57. The zero-order valence-corrected chi connectivity index (χ0v) is 22.1. The van der Waals surface area contributed by atoms with E-state index in [-0.39, 0.29) is 19.4 Å². The number of likely N-dealkylation sites (tertiary alicyclic amines) is 1. The van der Waals surface area contributed by atoms with Crippen LogP contribution in [0, 0.1) is 17.0 Å². The summed E-state index contributed by atoms with van der Waals surface area (Å²) in [6.07, 6.45) is 2.08. The summed E-state index contributed by atoms with van der Waals surface area (Å²) in [6.45, 7) is 2.58. The van der Waals surface area contributed by atoms with Crippen LogP contribution in [0.5, 0.6) is 5.75 Å². The molecule has 1 aromatic heterocycles. The molecule has 3 aromatic rings. The highest BCUT2D eigenvalue weighted by atomic mass is 19.1. The largest absolute Gasteiger partial charge is 0.497 e. The number of hydrogen-bond acceptors (Lipinski definition) is 6. The highest BCUT2D eigenvalue weighted by molar-refractivity contribution is 5.85. The molecule has 4 rings (SSSR count). The van der Waals surface area contributed by atoms with Crippen LogP contribution < -0.4 is 15.8 Å². The van der Waals surface area contributed by atoms with Crippen molar-refractivity contribution in [2.75, 3.05) is 38.6 Å². The van der Waals surface area contributed by atoms with Gasteiger partial charge >= 0.3 is 5.97 Å². The molecule has 2 heterocycles. The number of nitrogens with two attached hydrogens (primary N) is 1. The number of carboxylic acids is 1. The number of pyridine rings is 1. The molecule has 0 saturated carbocycles. The Kier molecular flexibility index (Phi) is 9.29. The molecule has 1 saturated heterocycles. The molecule has 39 heavy (non-hydrogen) atoms. The monoisotopic (exact) mass is 544 g/mol. The third-order valence-electron chi connectivity index (χ3n) is 7.72. The van der Waals surface area contributed by atoms with Crippen molar-refractivity contribution in [3.63, 3.8) is 0 Å². The van der Waals surface area contributed by atoms with Gasteiger partial charge in [-0.1, -0.05) is 0 Å². The second-order valence-electron chi connectivity index (χ2n) is 10.3. The Balaban J connectivity index is 1.40. The van der Waals surface area contributed by atoms with Crippen molar-refractivity contribution in [1.29, 1.82) is 0 Å². The highest BCUT2D eigenvalue weighted by Gasteiger charge is 2.37. The van der Waals surface area contributed by atoms with Crippen molar-refractivity contribution in [2.45, 2.75) is 44.8 Å². The molecule has 7 nitrogen and oxygen atoms in total. The summed E-state index contributed by atoms with van der Waals surface area (Å²) in [5.41, 5.74) is 7.54.